The third-order valence-electron chi connectivity index (χ3n) is 2.69. The normalized spacial score (nSPS) is 17.0. The molecule has 1 amide bonds. The van der Waals surface area contributed by atoms with E-state index < -0.39 is 0 Å². The minimum absolute atomic E-state index is 0.248. The Morgan fingerprint density at radius 1 is 1.50 bits per heavy atom. The van der Waals surface area contributed by atoms with E-state index in [1.807, 2.05) is 0 Å². The van der Waals surface area contributed by atoms with Crippen molar-refractivity contribution in [3.05, 3.63) is 0 Å². The van der Waals surface area contributed by atoms with Crippen LogP contribution in [0.25, 0.3) is 0 Å². The molecule has 82 valence electrons. The lowest BCUT2D eigenvalue weighted by molar-refractivity contribution is 0.0966. The average Bonchev–Trinajstić information content (AvgIpc) is 2.67. The number of nitrogens with two attached hydrogens (primary N) is 1. The van der Waals surface area contributed by atoms with Gasteiger partial charge in [0.1, 0.15) is 0 Å². The Hall–Kier alpha value is -0.770. The number of nitrogens with zero attached hydrogens (tertiary/aromatic N) is 1. The Bertz CT molecular complexity index is 179. The molecule has 1 saturated carbocycles. The summed E-state index contributed by atoms with van der Waals surface area (Å²) in [5.74, 6) is 0.588. The molecule has 0 bridgehead atoms. The highest BCUT2D eigenvalue weighted by Crippen LogP contribution is 2.24. The number of hydrogen-bond acceptors (Lipinski definition) is 3. The van der Waals surface area contributed by atoms with Gasteiger partial charge in [-0.1, -0.05) is 12.8 Å². The molecule has 0 aromatic carbocycles. The first kappa shape index (κ1) is 11.3. The summed E-state index contributed by atoms with van der Waals surface area (Å²) in [6.07, 6.45) is 4.71. The van der Waals surface area contributed by atoms with Gasteiger partial charge in [0, 0.05) is 20.1 Å². The maximum absolute atomic E-state index is 11.3. The quantitative estimate of drug-likeness (QED) is 0.742. The van der Waals surface area contributed by atoms with Crippen molar-refractivity contribution in [3.8, 4) is 0 Å². The van der Waals surface area contributed by atoms with Crippen molar-refractivity contribution in [1.82, 2.24) is 4.90 Å². The summed E-state index contributed by atoms with van der Waals surface area (Å²) in [6.45, 7) is 1.62. The van der Waals surface area contributed by atoms with E-state index in [1.54, 1.807) is 7.05 Å². The lowest BCUT2D eigenvalue weighted by atomic mass is 10.1. The van der Waals surface area contributed by atoms with Crippen molar-refractivity contribution in [1.29, 1.82) is 0 Å². The van der Waals surface area contributed by atoms with Gasteiger partial charge in [-0.15, -0.1) is 0 Å². The first-order valence-corrected chi connectivity index (χ1v) is 5.32. The topological polar surface area (TPSA) is 55.6 Å². The van der Waals surface area contributed by atoms with Crippen LogP contribution >= 0.6 is 0 Å². The smallest absolute Gasteiger partial charge is 0.409 e. The van der Waals surface area contributed by atoms with Crippen molar-refractivity contribution < 1.29 is 9.53 Å². The highest BCUT2D eigenvalue weighted by atomic mass is 16.6. The van der Waals surface area contributed by atoms with Crippen LogP contribution in [-0.4, -0.2) is 37.7 Å². The monoisotopic (exact) mass is 200 g/mol. The summed E-state index contributed by atoms with van der Waals surface area (Å²) in [5.41, 5.74) is 5.34. The molecule has 0 spiro atoms. The van der Waals surface area contributed by atoms with Crippen LogP contribution in [0, 0.1) is 5.92 Å². The van der Waals surface area contributed by atoms with Crippen LogP contribution in [0.1, 0.15) is 25.7 Å². The van der Waals surface area contributed by atoms with Gasteiger partial charge < -0.3 is 15.4 Å². The van der Waals surface area contributed by atoms with Gasteiger partial charge in [0.2, 0.25) is 0 Å². The Kier molecular flexibility index (Phi) is 4.73. The predicted octanol–water partition coefficient (Wildman–Crippen LogP) is 1.20. The van der Waals surface area contributed by atoms with Gasteiger partial charge in [0.05, 0.1) is 6.61 Å². The maximum Gasteiger partial charge on any atom is 0.409 e. The van der Waals surface area contributed by atoms with E-state index in [0.29, 0.717) is 25.6 Å². The Morgan fingerprint density at radius 3 is 2.71 bits per heavy atom. The Balaban J connectivity index is 2.13. The third-order valence-corrected chi connectivity index (χ3v) is 2.69. The molecule has 0 saturated heterocycles. The molecule has 2 N–H and O–H groups in total. The lowest BCUT2D eigenvalue weighted by Crippen LogP contribution is -2.33. The molecule has 1 aliphatic rings. The van der Waals surface area contributed by atoms with Crippen LogP contribution in [0.4, 0.5) is 4.79 Å². The molecular weight excluding hydrogens is 180 g/mol. The van der Waals surface area contributed by atoms with E-state index in [-0.39, 0.29) is 6.09 Å². The average molecular weight is 200 g/mol. The number of carbonyl (C=O) groups excluding carboxylic acids is 1. The minimum Gasteiger partial charge on any atom is -0.449 e. The van der Waals surface area contributed by atoms with Crippen LogP contribution in [0.2, 0.25) is 0 Å². The van der Waals surface area contributed by atoms with Crippen molar-refractivity contribution >= 4 is 6.09 Å². The molecular formula is C10H20N2O2. The van der Waals surface area contributed by atoms with E-state index in [9.17, 15) is 4.79 Å². The Morgan fingerprint density at radius 2 is 2.14 bits per heavy atom. The first-order chi connectivity index (χ1) is 6.74. The second-order valence-corrected chi connectivity index (χ2v) is 3.94. The molecule has 0 radical (unpaired) electrons. The fraction of sp³-hybridized carbons (Fsp3) is 0.900. The summed E-state index contributed by atoms with van der Waals surface area (Å²) in [5, 5.41) is 0. The number of likely N-dealkylation sites (N-methyl/N-ethyl adjacent to an activating group) is 1. The van der Waals surface area contributed by atoms with Crippen LogP contribution < -0.4 is 5.73 Å². The number of rotatable bonds is 4. The van der Waals surface area contributed by atoms with Crippen LogP contribution in [0.3, 0.4) is 0 Å². The predicted molar refractivity (Wildman–Crippen MR) is 55.0 cm³/mol. The molecule has 1 rings (SSSR count). The number of carbonyl (C=O) groups is 1. The molecule has 0 aromatic rings. The van der Waals surface area contributed by atoms with Crippen LogP contribution in [-0.2, 0) is 4.74 Å². The summed E-state index contributed by atoms with van der Waals surface area (Å²) >= 11 is 0. The fourth-order valence-electron chi connectivity index (χ4n) is 1.76. The highest BCUT2D eigenvalue weighted by Gasteiger charge is 2.17. The number of ether oxygens (including phenoxy) is 1. The molecule has 1 fully saturated rings. The van der Waals surface area contributed by atoms with Gasteiger partial charge in [0.25, 0.3) is 0 Å². The summed E-state index contributed by atoms with van der Waals surface area (Å²) < 4.78 is 5.17. The summed E-state index contributed by atoms with van der Waals surface area (Å²) in [4.78, 5) is 12.9. The number of amides is 1. The lowest BCUT2D eigenvalue weighted by Gasteiger charge is -2.17. The van der Waals surface area contributed by atoms with Crippen molar-refractivity contribution in [2.75, 3.05) is 26.7 Å². The largest absolute Gasteiger partial charge is 0.449 e. The second kappa shape index (κ2) is 5.86. The maximum atomic E-state index is 11.3. The van der Waals surface area contributed by atoms with Crippen LogP contribution in [0.15, 0.2) is 0 Å². The second-order valence-electron chi connectivity index (χ2n) is 3.94. The third kappa shape index (κ3) is 3.54. The molecule has 4 nitrogen and oxygen atoms in total. The Labute approximate surface area is 85.4 Å². The molecule has 14 heavy (non-hydrogen) atoms. The van der Waals surface area contributed by atoms with Gasteiger partial charge in [0.15, 0.2) is 0 Å². The van der Waals surface area contributed by atoms with Gasteiger partial charge in [-0.25, -0.2) is 4.79 Å². The zero-order chi connectivity index (χ0) is 10.4. The molecule has 1 aliphatic carbocycles. The van der Waals surface area contributed by atoms with Crippen molar-refractivity contribution in [2.45, 2.75) is 25.7 Å². The van der Waals surface area contributed by atoms with E-state index >= 15 is 0 Å². The zero-order valence-electron chi connectivity index (χ0n) is 8.87. The van der Waals surface area contributed by atoms with Gasteiger partial charge in [-0.2, -0.15) is 0 Å². The molecule has 0 atom stereocenters. The molecule has 0 aromatic heterocycles. The van der Waals surface area contributed by atoms with Crippen LogP contribution in [0.5, 0.6) is 0 Å². The van der Waals surface area contributed by atoms with Gasteiger partial charge in [-0.05, 0) is 18.8 Å². The SMILES string of the molecule is CN(CCN)C(=O)OCC1CCCC1. The first-order valence-electron chi connectivity index (χ1n) is 5.32. The van der Waals surface area contributed by atoms with E-state index in [4.69, 9.17) is 10.5 Å². The standard InChI is InChI=1S/C10H20N2O2/c1-12(7-6-11)10(13)14-8-9-4-2-3-5-9/h9H,2-8,11H2,1H3. The molecule has 0 heterocycles. The summed E-state index contributed by atoms with van der Waals surface area (Å²) in [7, 11) is 1.71. The molecule has 0 aliphatic heterocycles. The van der Waals surface area contributed by atoms with Crippen molar-refractivity contribution in [3.63, 3.8) is 0 Å². The molecule has 4 heteroatoms. The van der Waals surface area contributed by atoms with Crippen molar-refractivity contribution in [2.24, 2.45) is 11.7 Å². The zero-order valence-corrected chi connectivity index (χ0v) is 8.87. The van der Waals surface area contributed by atoms with E-state index in [2.05, 4.69) is 0 Å². The fourth-order valence-corrected chi connectivity index (χ4v) is 1.76. The molecule has 0 unspecified atom stereocenters. The van der Waals surface area contributed by atoms with E-state index in [1.165, 1.54) is 30.6 Å². The van der Waals surface area contributed by atoms with Gasteiger partial charge in [-0.3, -0.25) is 0 Å². The van der Waals surface area contributed by atoms with Gasteiger partial charge >= 0.3 is 6.09 Å². The highest BCUT2D eigenvalue weighted by molar-refractivity contribution is 5.67. The number of hydrogen-bond donors (Lipinski definition) is 1. The minimum atomic E-state index is -0.248. The summed E-state index contributed by atoms with van der Waals surface area (Å²) in [6, 6.07) is 0. The van der Waals surface area contributed by atoms with E-state index in [0.717, 1.165) is 0 Å².